The fourth-order valence-corrected chi connectivity index (χ4v) is 3.20. The number of hydrogen-bond donors (Lipinski definition) is 2. The molecule has 2 aromatic rings. The molecule has 0 saturated heterocycles. The molecule has 0 bridgehead atoms. The number of carbonyl (C=O) groups excluding carboxylic acids is 1. The van der Waals surface area contributed by atoms with Crippen molar-refractivity contribution in [2.24, 2.45) is 5.92 Å². The second-order valence-corrected chi connectivity index (χ2v) is 7.02. The Balaban J connectivity index is 0.00000280. The Labute approximate surface area is 170 Å². The van der Waals surface area contributed by atoms with Crippen LogP contribution in [0.3, 0.4) is 0 Å². The van der Waals surface area contributed by atoms with Gasteiger partial charge in [0.05, 0.1) is 18.1 Å². The lowest BCUT2D eigenvalue weighted by Gasteiger charge is -2.36. The highest BCUT2D eigenvalue weighted by Crippen LogP contribution is 2.34. The second kappa shape index (κ2) is 8.59. The topological polar surface area (TPSA) is 88.0 Å². The molecule has 2 N–H and O–H groups in total. The largest absolute Gasteiger partial charge is 0.350 e. The number of anilines is 3. The average molecular weight is 408 g/mol. The smallest absolute Gasteiger partial charge is 0.247 e. The molecule has 0 spiro atoms. The van der Waals surface area contributed by atoms with Gasteiger partial charge < -0.3 is 15.5 Å². The Morgan fingerprint density at radius 2 is 2.14 bits per heavy atom. The normalized spacial score (nSPS) is 16.5. The average Bonchev–Trinajstić information content (AvgIpc) is 3.00. The van der Waals surface area contributed by atoms with Crippen molar-refractivity contribution in [3.63, 3.8) is 0 Å². The molecule has 1 amide bonds. The highest BCUT2D eigenvalue weighted by molar-refractivity contribution is 7.59. The van der Waals surface area contributed by atoms with Gasteiger partial charge in [-0.25, -0.2) is 14.1 Å². The third kappa shape index (κ3) is 4.44. The summed E-state index contributed by atoms with van der Waals surface area (Å²) in [5.41, 5.74) is 2.20. The van der Waals surface area contributed by atoms with Crippen LogP contribution in [-0.4, -0.2) is 38.7 Å². The minimum absolute atomic E-state index is 0. The summed E-state index contributed by atoms with van der Waals surface area (Å²) in [6, 6.07) is -0.284. The van der Waals surface area contributed by atoms with Crippen molar-refractivity contribution in [1.29, 1.82) is 0 Å². The standard InChI is InChI=1S/C18H24FN7O.H2S/c1-10(2)15-17(27)23-14-12(4)22-18(24-16(14)25(15)5)20-6-13-7-21-26(9-13)8-11(3)19;/h7-10,15H,6H2,1-5H3,(H,23,27)(H,20,22,24);1H2/b11-8+;/t15-;/m0./s1. The summed E-state index contributed by atoms with van der Waals surface area (Å²) >= 11 is 0. The summed E-state index contributed by atoms with van der Waals surface area (Å²) in [6.07, 6.45) is 4.67. The van der Waals surface area contributed by atoms with E-state index in [0.29, 0.717) is 29.7 Å². The quantitative estimate of drug-likeness (QED) is 0.792. The Morgan fingerprint density at radius 1 is 1.43 bits per heavy atom. The minimum atomic E-state index is -0.323. The molecule has 28 heavy (non-hydrogen) atoms. The number of carbonyl (C=O) groups is 1. The molecule has 3 heterocycles. The van der Waals surface area contributed by atoms with Crippen molar-refractivity contribution >= 4 is 43.1 Å². The van der Waals surface area contributed by atoms with E-state index in [1.165, 1.54) is 17.8 Å². The summed E-state index contributed by atoms with van der Waals surface area (Å²) in [5.74, 6) is 0.927. The van der Waals surface area contributed by atoms with E-state index < -0.39 is 0 Å². The SMILES string of the molecule is C/C(F)=C\n1cc(CNc2nc(C)c3c(n2)N(C)[C@@H](C(C)C)C(=O)N3)cn1.S. The Bertz CT molecular complexity index is 892. The maximum atomic E-state index is 12.9. The van der Waals surface area contributed by atoms with Gasteiger partial charge in [-0.15, -0.1) is 0 Å². The van der Waals surface area contributed by atoms with Crippen LogP contribution in [0.1, 0.15) is 32.0 Å². The van der Waals surface area contributed by atoms with E-state index in [1.54, 1.807) is 12.4 Å². The Morgan fingerprint density at radius 3 is 2.79 bits per heavy atom. The van der Waals surface area contributed by atoms with E-state index in [-0.39, 0.29) is 37.2 Å². The van der Waals surface area contributed by atoms with Gasteiger partial charge in [0.25, 0.3) is 0 Å². The molecule has 0 radical (unpaired) electrons. The zero-order valence-electron chi connectivity index (χ0n) is 16.6. The van der Waals surface area contributed by atoms with Crippen LogP contribution >= 0.6 is 13.5 Å². The van der Waals surface area contributed by atoms with Gasteiger partial charge in [-0.3, -0.25) is 4.79 Å². The van der Waals surface area contributed by atoms with E-state index in [1.807, 2.05) is 32.7 Å². The number of nitrogens with one attached hydrogen (secondary N) is 2. The summed E-state index contributed by atoms with van der Waals surface area (Å²) in [6.45, 7) is 7.65. The molecule has 0 aliphatic carbocycles. The van der Waals surface area contributed by atoms with Gasteiger partial charge in [-0.1, -0.05) is 13.8 Å². The first-order chi connectivity index (χ1) is 12.8. The molecule has 1 aliphatic rings. The third-order valence-electron chi connectivity index (χ3n) is 4.39. The number of amides is 1. The maximum absolute atomic E-state index is 12.9. The fraction of sp³-hybridized carbons (Fsp3) is 0.444. The predicted octanol–water partition coefficient (Wildman–Crippen LogP) is 2.91. The lowest BCUT2D eigenvalue weighted by atomic mass is 9.99. The first-order valence-electron chi connectivity index (χ1n) is 8.79. The molecular weight excluding hydrogens is 381 g/mol. The zero-order valence-corrected chi connectivity index (χ0v) is 17.6. The molecule has 2 aromatic heterocycles. The van der Waals surface area contributed by atoms with Crippen LogP contribution in [0.25, 0.3) is 6.20 Å². The van der Waals surface area contributed by atoms with Crippen LogP contribution in [0, 0.1) is 12.8 Å². The summed E-state index contributed by atoms with van der Waals surface area (Å²) < 4.78 is 14.4. The van der Waals surface area contributed by atoms with Crippen molar-refractivity contribution in [1.82, 2.24) is 19.7 Å². The zero-order chi connectivity index (χ0) is 19.7. The molecule has 1 atom stereocenters. The van der Waals surface area contributed by atoms with Crippen LogP contribution in [-0.2, 0) is 11.3 Å². The maximum Gasteiger partial charge on any atom is 0.247 e. The highest BCUT2D eigenvalue weighted by atomic mass is 32.1. The van der Waals surface area contributed by atoms with Gasteiger partial charge in [0.2, 0.25) is 11.9 Å². The van der Waals surface area contributed by atoms with Crippen molar-refractivity contribution in [3.05, 3.63) is 29.5 Å². The van der Waals surface area contributed by atoms with E-state index in [4.69, 9.17) is 0 Å². The monoisotopic (exact) mass is 407 g/mol. The Kier molecular flexibility index (Phi) is 6.65. The number of rotatable bonds is 5. The Hall–Kier alpha value is -2.62. The first-order valence-corrected chi connectivity index (χ1v) is 8.79. The molecule has 8 nitrogen and oxygen atoms in total. The van der Waals surface area contributed by atoms with Gasteiger partial charge in [0.1, 0.15) is 17.6 Å². The molecule has 0 fully saturated rings. The van der Waals surface area contributed by atoms with Crippen molar-refractivity contribution in [3.8, 4) is 0 Å². The first kappa shape index (κ1) is 21.7. The number of likely N-dealkylation sites (N-methyl/N-ethyl adjacent to an activating group) is 1. The number of allylic oxidation sites excluding steroid dienone is 1. The molecule has 152 valence electrons. The van der Waals surface area contributed by atoms with Crippen LogP contribution in [0.15, 0.2) is 18.2 Å². The van der Waals surface area contributed by atoms with E-state index in [9.17, 15) is 9.18 Å². The van der Waals surface area contributed by atoms with Gasteiger partial charge >= 0.3 is 0 Å². The minimum Gasteiger partial charge on any atom is -0.350 e. The van der Waals surface area contributed by atoms with Gasteiger partial charge in [0, 0.05) is 25.4 Å². The number of nitrogens with zero attached hydrogens (tertiary/aromatic N) is 5. The van der Waals surface area contributed by atoms with Crippen molar-refractivity contribution in [2.75, 3.05) is 22.6 Å². The van der Waals surface area contributed by atoms with Crippen LogP contribution < -0.4 is 15.5 Å². The van der Waals surface area contributed by atoms with E-state index in [2.05, 4.69) is 25.7 Å². The van der Waals surface area contributed by atoms with E-state index in [0.717, 1.165) is 5.56 Å². The predicted molar refractivity (Wildman–Crippen MR) is 113 cm³/mol. The summed E-state index contributed by atoms with van der Waals surface area (Å²) in [7, 11) is 1.87. The number of fused-ring (bicyclic) bond motifs is 1. The van der Waals surface area contributed by atoms with Gasteiger partial charge in [-0.05, 0) is 19.8 Å². The lowest BCUT2D eigenvalue weighted by Crippen LogP contribution is -2.49. The molecule has 3 rings (SSSR count). The molecule has 0 saturated carbocycles. The summed E-state index contributed by atoms with van der Waals surface area (Å²) in [4.78, 5) is 23.3. The van der Waals surface area contributed by atoms with Crippen LogP contribution in [0.5, 0.6) is 0 Å². The number of aryl methyl sites for hydroxylation is 1. The van der Waals surface area contributed by atoms with Crippen LogP contribution in [0.2, 0.25) is 0 Å². The number of aromatic nitrogens is 4. The van der Waals surface area contributed by atoms with Gasteiger partial charge in [-0.2, -0.15) is 23.6 Å². The molecule has 10 heteroatoms. The second-order valence-electron chi connectivity index (χ2n) is 7.02. The number of halogens is 1. The van der Waals surface area contributed by atoms with Crippen LogP contribution in [0.4, 0.5) is 21.8 Å². The highest BCUT2D eigenvalue weighted by Gasteiger charge is 2.35. The molecular formula is C18H26FN7OS. The lowest BCUT2D eigenvalue weighted by molar-refractivity contribution is -0.118. The van der Waals surface area contributed by atoms with Crippen molar-refractivity contribution < 1.29 is 9.18 Å². The molecule has 0 aromatic carbocycles. The summed E-state index contributed by atoms with van der Waals surface area (Å²) in [5, 5.41) is 10.2. The number of hydrogen-bond acceptors (Lipinski definition) is 6. The third-order valence-corrected chi connectivity index (χ3v) is 4.39. The molecule has 1 aliphatic heterocycles. The fourth-order valence-electron chi connectivity index (χ4n) is 3.20. The van der Waals surface area contributed by atoms with E-state index >= 15 is 0 Å². The molecule has 0 unspecified atom stereocenters. The van der Waals surface area contributed by atoms with Crippen molar-refractivity contribution in [2.45, 2.75) is 40.3 Å². The van der Waals surface area contributed by atoms with Gasteiger partial charge in [0.15, 0.2) is 5.82 Å².